The molecule has 0 aromatic rings. The Morgan fingerprint density at radius 2 is 1.56 bits per heavy atom. The van der Waals surface area contributed by atoms with Gasteiger partial charge in [0.25, 0.3) is 0 Å². The molecule has 0 aromatic heterocycles. The molecule has 1 spiro atoms. The summed E-state index contributed by atoms with van der Waals surface area (Å²) in [5.41, 5.74) is 8.01. The van der Waals surface area contributed by atoms with Crippen molar-refractivity contribution in [2.45, 2.75) is 194 Å². The molecule has 0 saturated carbocycles. The van der Waals surface area contributed by atoms with Crippen molar-refractivity contribution in [2.75, 3.05) is 13.7 Å². The van der Waals surface area contributed by atoms with E-state index in [1.807, 2.05) is 0 Å². The topological polar surface area (TPSA) is 146 Å². The van der Waals surface area contributed by atoms with E-state index in [1.54, 1.807) is 7.11 Å². The van der Waals surface area contributed by atoms with Crippen LogP contribution in [0, 0.1) is 11.8 Å². The van der Waals surface area contributed by atoms with Gasteiger partial charge >= 0.3 is 0 Å². The summed E-state index contributed by atoms with van der Waals surface area (Å²) in [5.74, 6) is -0.619. The molecule has 0 amide bonds. The van der Waals surface area contributed by atoms with E-state index in [0.717, 1.165) is 56.1 Å². The van der Waals surface area contributed by atoms with Gasteiger partial charge in [-0.2, -0.15) is 0 Å². The van der Waals surface area contributed by atoms with Crippen LogP contribution in [0.1, 0.15) is 90.4 Å². The van der Waals surface area contributed by atoms with Gasteiger partial charge in [0, 0.05) is 58.1 Å². The average Bonchev–Trinajstić information content (AvgIpc) is 3.79. The first kappa shape index (κ1) is 36.4. The van der Waals surface area contributed by atoms with E-state index in [0.29, 0.717) is 25.7 Å². The SMILES string of the molecule is C=C1CC2CC[C@@]34C[C@H]5OC6[C@@H](O[C@H]7CC[C@H](CC(=O)C[C@@H]8[C@@H](OC)[C@@H](C[C@H](O)CN)O[C@H]8C[C@H]8O[C@@H](CC[C@@H]1O2)C[C@@H](C)C8=C)O[C@@H]7[C@@H]6O3)[C@H]5O4. The molecular weight excluding hydrogens is 670 g/mol. The predicted molar refractivity (Wildman–Crippen MR) is 186 cm³/mol. The summed E-state index contributed by atoms with van der Waals surface area (Å²) in [6, 6.07) is 0. The second-order valence-electron chi connectivity index (χ2n) is 17.4. The molecule has 10 saturated heterocycles. The number of carbonyl (C=O) groups is 1. The summed E-state index contributed by atoms with van der Waals surface area (Å²) in [6.07, 6.45) is 4.85. The van der Waals surface area contributed by atoms with Crippen LogP contribution in [0.15, 0.2) is 24.3 Å². The van der Waals surface area contributed by atoms with Crippen LogP contribution in [0.5, 0.6) is 0 Å². The lowest BCUT2D eigenvalue weighted by Crippen LogP contribution is -2.61. The molecule has 12 heteroatoms. The van der Waals surface area contributed by atoms with Crippen LogP contribution >= 0.6 is 0 Å². The maximum absolute atomic E-state index is 14.1. The van der Waals surface area contributed by atoms with Crippen molar-refractivity contribution in [1.82, 2.24) is 0 Å². The number of ketones is 1. The van der Waals surface area contributed by atoms with E-state index in [-0.39, 0.29) is 122 Å². The zero-order valence-corrected chi connectivity index (χ0v) is 30.8. The minimum atomic E-state index is -0.780. The third-order valence-corrected chi connectivity index (χ3v) is 14.0. The van der Waals surface area contributed by atoms with E-state index < -0.39 is 18.0 Å². The highest BCUT2D eigenvalue weighted by Gasteiger charge is 2.68. The van der Waals surface area contributed by atoms with Gasteiger partial charge in [-0.05, 0) is 62.0 Å². The third kappa shape index (κ3) is 6.59. The van der Waals surface area contributed by atoms with Crippen molar-refractivity contribution in [3.8, 4) is 0 Å². The van der Waals surface area contributed by atoms with Gasteiger partial charge in [0.15, 0.2) is 5.79 Å². The summed E-state index contributed by atoms with van der Waals surface area (Å²) in [4.78, 5) is 14.1. The zero-order chi connectivity index (χ0) is 35.9. The zero-order valence-electron chi connectivity index (χ0n) is 30.8. The molecule has 12 nitrogen and oxygen atoms in total. The molecule has 2 unspecified atom stereocenters. The van der Waals surface area contributed by atoms with Crippen molar-refractivity contribution < 1.29 is 52.5 Å². The number of aliphatic hydroxyl groups is 1. The van der Waals surface area contributed by atoms with Gasteiger partial charge in [-0.1, -0.05) is 20.1 Å². The standard InChI is InChI=1S/C40H59NO11/c1-19-11-24-5-7-28-20(2)12-26(45-28)9-10-40-17-33-36(51-40)37-38(50-33)39(52-40)35-29(49-37)8-6-25(47-35)13-22(42)14-27-31(16-30(46-24)21(19)3)48-32(34(27)44-4)15-23(43)18-41/h19,23-39,43H,2-3,5-18,41H2,1,4H3/t19-,23+,24+,25-,26?,27+,28+,29+,30-,31+,32-,33-,34-,35+,36+,37+,38?,39+,40+/m1/s1. The van der Waals surface area contributed by atoms with Crippen LogP contribution in [-0.4, -0.2) is 128 Å². The van der Waals surface area contributed by atoms with Crippen molar-refractivity contribution >= 4 is 5.78 Å². The highest BCUT2D eigenvalue weighted by atomic mass is 16.8. The number of hydrogen-bond acceptors (Lipinski definition) is 12. The molecule has 10 rings (SSSR count). The van der Waals surface area contributed by atoms with E-state index in [2.05, 4.69) is 20.1 Å². The van der Waals surface area contributed by atoms with E-state index >= 15 is 0 Å². The lowest BCUT2D eigenvalue weighted by Gasteiger charge is -2.47. The van der Waals surface area contributed by atoms with Gasteiger partial charge in [-0.15, -0.1) is 0 Å². The van der Waals surface area contributed by atoms with Crippen molar-refractivity contribution in [3.63, 3.8) is 0 Å². The minimum Gasteiger partial charge on any atom is -0.392 e. The van der Waals surface area contributed by atoms with Crippen LogP contribution < -0.4 is 5.73 Å². The monoisotopic (exact) mass is 729 g/mol. The Kier molecular flexibility index (Phi) is 10.0. The summed E-state index contributed by atoms with van der Waals surface area (Å²) in [5, 5.41) is 10.5. The highest BCUT2D eigenvalue weighted by molar-refractivity contribution is 5.79. The van der Waals surface area contributed by atoms with E-state index in [4.69, 9.17) is 48.4 Å². The molecule has 0 aromatic carbocycles. The van der Waals surface area contributed by atoms with Crippen LogP contribution in [0.3, 0.4) is 0 Å². The summed E-state index contributed by atoms with van der Waals surface area (Å²) in [6.45, 7) is 11.3. The third-order valence-electron chi connectivity index (χ3n) is 14.0. The first-order chi connectivity index (χ1) is 25.1. The van der Waals surface area contributed by atoms with Crippen LogP contribution in [-0.2, 0) is 47.4 Å². The van der Waals surface area contributed by atoms with Gasteiger partial charge in [0.1, 0.15) is 36.3 Å². The van der Waals surface area contributed by atoms with Crippen molar-refractivity contribution in [2.24, 2.45) is 17.6 Å². The molecule has 10 fully saturated rings. The summed E-state index contributed by atoms with van der Waals surface area (Å²) < 4.78 is 60.0. The van der Waals surface area contributed by atoms with Gasteiger partial charge < -0.3 is 53.5 Å². The maximum atomic E-state index is 14.1. The molecule has 3 N–H and O–H groups in total. The Hall–Kier alpha value is -1.29. The molecule has 10 heterocycles. The van der Waals surface area contributed by atoms with Gasteiger partial charge in [-0.25, -0.2) is 0 Å². The summed E-state index contributed by atoms with van der Waals surface area (Å²) in [7, 11) is 1.66. The number of methoxy groups -OCH3 is 1. The first-order valence-electron chi connectivity index (χ1n) is 20.2. The maximum Gasteiger partial charge on any atom is 0.172 e. The molecule has 10 aliphatic rings. The Balaban J connectivity index is 0.994. The van der Waals surface area contributed by atoms with Crippen LogP contribution in [0.4, 0.5) is 0 Å². The number of ether oxygens (including phenoxy) is 9. The van der Waals surface area contributed by atoms with E-state index in [9.17, 15) is 9.90 Å². The smallest absolute Gasteiger partial charge is 0.172 e. The average molecular weight is 730 g/mol. The number of rotatable bonds is 4. The Morgan fingerprint density at radius 3 is 2.38 bits per heavy atom. The second-order valence-corrected chi connectivity index (χ2v) is 17.4. The van der Waals surface area contributed by atoms with Crippen LogP contribution in [0.25, 0.3) is 0 Å². The minimum absolute atomic E-state index is 0.0158. The number of carbonyl (C=O) groups excluding carboxylic acids is 1. The Bertz CT molecular complexity index is 1380. The van der Waals surface area contributed by atoms with Gasteiger partial charge in [-0.3, -0.25) is 4.79 Å². The Labute approximate surface area is 307 Å². The predicted octanol–water partition coefficient (Wildman–Crippen LogP) is 3.44. The second kappa shape index (κ2) is 14.3. The molecular formula is C40H59NO11. The normalized spacial score (nSPS) is 52.4. The lowest BCUT2D eigenvalue weighted by atomic mass is 9.81. The van der Waals surface area contributed by atoms with Crippen molar-refractivity contribution in [1.29, 1.82) is 0 Å². The van der Waals surface area contributed by atoms with Gasteiger partial charge in [0.05, 0.1) is 67.1 Å². The fraction of sp³-hybridized carbons (Fsp3) is 0.875. The quantitative estimate of drug-likeness (QED) is 0.409. The molecule has 290 valence electrons. The molecule has 19 atom stereocenters. The molecule has 0 aliphatic carbocycles. The first-order valence-corrected chi connectivity index (χ1v) is 20.2. The lowest BCUT2D eigenvalue weighted by molar-refractivity contribution is -0.292. The number of aliphatic hydroxyl groups excluding tert-OH is 1. The number of hydrogen-bond donors (Lipinski definition) is 2. The van der Waals surface area contributed by atoms with Gasteiger partial charge in [0.2, 0.25) is 0 Å². The number of Topliss-reactive ketones (excluding diaryl/α,β-unsaturated/α-hetero) is 1. The Morgan fingerprint density at radius 1 is 0.808 bits per heavy atom. The fourth-order valence-corrected chi connectivity index (χ4v) is 11.3. The number of fused-ring (bicyclic) bond motifs is 6. The molecule has 12 bridgehead atoms. The summed E-state index contributed by atoms with van der Waals surface area (Å²) >= 11 is 0. The largest absolute Gasteiger partial charge is 0.392 e. The molecule has 52 heavy (non-hydrogen) atoms. The van der Waals surface area contributed by atoms with Crippen molar-refractivity contribution in [3.05, 3.63) is 24.3 Å². The number of nitrogens with two attached hydrogens (primary N) is 1. The van der Waals surface area contributed by atoms with E-state index in [1.165, 1.54) is 0 Å². The highest BCUT2D eigenvalue weighted by Crippen LogP contribution is 2.54. The fourth-order valence-electron chi connectivity index (χ4n) is 11.3. The van der Waals surface area contributed by atoms with Crippen LogP contribution in [0.2, 0.25) is 0 Å². The molecule has 0 radical (unpaired) electrons. The molecule has 10 aliphatic heterocycles.